The maximum absolute atomic E-state index is 13.7. The number of carbonyl (C=O) groups excluding carboxylic acids is 3. The molecule has 4 rings (SSSR count). The third-order valence-electron chi connectivity index (χ3n) is 6.55. The van der Waals surface area contributed by atoms with Crippen molar-refractivity contribution in [1.82, 2.24) is 15.1 Å². The van der Waals surface area contributed by atoms with E-state index in [1.54, 1.807) is 35.2 Å². The van der Waals surface area contributed by atoms with Gasteiger partial charge in [-0.15, -0.1) is 0 Å². The summed E-state index contributed by atoms with van der Waals surface area (Å²) in [5.41, 5.74) is -0.359. The Kier molecular flexibility index (Phi) is 7.35. The van der Waals surface area contributed by atoms with Crippen LogP contribution in [-0.4, -0.2) is 72.6 Å². The fourth-order valence-corrected chi connectivity index (χ4v) is 4.69. The van der Waals surface area contributed by atoms with Gasteiger partial charge in [-0.2, -0.15) is 0 Å². The van der Waals surface area contributed by atoms with Gasteiger partial charge in [0.15, 0.2) is 0 Å². The van der Waals surface area contributed by atoms with Gasteiger partial charge in [0.25, 0.3) is 11.8 Å². The molecule has 9 heteroatoms. The average molecular weight is 484 g/mol. The van der Waals surface area contributed by atoms with Gasteiger partial charge in [-0.3, -0.25) is 19.3 Å². The smallest absolute Gasteiger partial charge is 0.257 e. The Morgan fingerprint density at radius 2 is 1.77 bits per heavy atom. The van der Waals surface area contributed by atoms with E-state index in [4.69, 9.17) is 9.47 Å². The van der Waals surface area contributed by atoms with Crippen LogP contribution in [-0.2, 0) is 9.53 Å². The Bertz CT molecular complexity index is 1100. The van der Waals surface area contributed by atoms with Crippen LogP contribution in [0.2, 0.25) is 0 Å². The second kappa shape index (κ2) is 10.4. The molecular weight excluding hydrogens is 453 g/mol. The molecule has 0 aliphatic carbocycles. The number of methoxy groups -OCH3 is 1. The van der Waals surface area contributed by atoms with E-state index in [9.17, 15) is 18.8 Å². The molecule has 2 fully saturated rings. The van der Waals surface area contributed by atoms with Crippen LogP contribution >= 0.6 is 0 Å². The largest absolute Gasteiger partial charge is 0.497 e. The van der Waals surface area contributed by atoms with Gasteiger partial charge in [0.2, 0.25) is 5.91 Å². The molecule has 35 heavy (non-hydrogen) atoms. The zero-order valence-electron chi connectivity index (χ0n) is 20.0. The van der Waals surface area contributed by atoms with Crippen LogP contribution in [0.25, 0.3) is 0 Å². The molecule has 2 aliphatic rings. The number of hydrogen-bond donors (Lipinski definition) is 1. The molecule has 0 bridgehead atoms. The monoisotopic (exact) mass is 483 g/mol. The fraction of sp³-hybridized carbons (Fsp3) is 0.423. The van der Waals surface area contributed by atoms with Crippen molar-refractivity contribution in [1.29, 1.82) is 0 Å². The summed E-state index contributed by atoms with van der Waals surface area (Å²) in [4.78, 5) is 42.8. The van der Waals surface area contributed by atoms with Gasteiger partial charge in [0.1, 0.15) is 23.3 Å². The number of rotatable bonds is 6. The van der Waals surface area contributed by atoms with Crippen LogP contribution < -0.4 is 10.1 Å². The van der Waals surface area contributed by atoms with E-state index in [1.165, 1.54) is 30.2 Å². The van der Waals surface area contributed by atoms with Crippen molar-refractivity contribution >= 4 is 17.7 Å². The molecule has 3 amide bonds. The number of nitrogens with zero attached hydrogens (tertiary/aromatic N) is 2. The van der Waals surface area contributed by atoms with E-state index in [-0.39, 0.29) is 29.9 Å². The summed E-state index contributed by atoms with van der Waals surface area (Å²) < 4.78 is 25.1. The highest BCUT2D eigenvalue weighted by molar-refractivity contribution is 5.99. The molecule has 1 atom stereocenters. The highest BCUT2D eigenvalue weighted by Crippen LogP contribution is 2.39. The molecule has 0 aromatic heterocycles. The van der Waals surface area contributed by atoms with Gasteiger partial charge < -0.3 is 19.7 Å². The number of hydrogen-bond acceptors (Lipinski definition) is 5. The van der Waals surface area contributed by atoms with Crippen molar-refractivity contribution in [3.05, 3.63) is 65.5 Å². The van der Waals surface area contributed by atoms with Crippen LogP contribution in [0, 0.1) is 5.82 Å². The minimum absolute atomic E-state index is 0.0725. The number of ether oxygens (including phenoxy) is 2. The van der Waals surface area contributed by atoms with Crippen molar-refractivity contribution in [2.45, 2.75) is 38.0 Å². The summed E-state index contributed by atoms with van der Waals surface area (Å²) in [6.45, 7) is 3.14. The highest BCUT2D eigenvalue weighted by Gasteiger charge is 2.54. The van der Waals surface area contributed by atoms with Crippen LogP contribution in [0.4, 0.5) is 4.39 Å². The van der Waals surface area contributed by atoms with E-state index in [2.05, 4.69) is 5.32 Å². The van der Waals surface area contributed by atoms with Crippen molar-refractivity contribution < 1.29 is 28.2 Å². The number of benzene rings is 2. The summed E-state index contributed by atoms with van der Waals surface area (Å²) in [5.74, 6) is -0.812. The van der Waals surface area contributed by atoms with Crippen LogP contribution in [0.1, 0.15) is 46.9 Å². The molecular formula is C26H30FN3O5. The van der Waals surface area contributed by atoms with Crippen LogP contribution in [0.15, 0.2) is 48.5 Å². The highest BCUT2D eigenvalue weighted by atomic mass is 19.1. The summed E-state index contributed by atoms with van der Waals surface area (Å²) in [6, 6.07) is 11.6. The first-order valence-electron chi connectivity index (χ1n) is 11.8. The van der Waals surface area contributed by atoms with Crippen molar-refractivity contribution in [3.63, 3.8) is 0 Å². The van der Waals surface area contributed by atoms with Crippen LogP contribution in [0.3, 0.4) is 0 Å². The number of nitrogens with one attached hydrogen (secondary N) is 1. The maximum atomic E-state index is 13.7. The Balaban J connectivity index is 1.58. The van der Waals surface area contributed by atoms with Crippen molar-refractivity contribution in [3.8, 4) is 5.75 Å². The number of piperidine rings is 1. The molecule has 2 aromatic carbocycles. The summed E-state index contributed by atoms with van der Waals surface area (Å²) in [7, 11) is 1.52. The molecule has 2 aromatic rings. The van der Waals surface area contributed by atoms with Crippen LogP contribution in [0.5, 0.6) is 5.75 Å². The predicted molar refractivity (Wildman–Crippen MR) is 126 cm³/mol. The Morgan fingerprint density at radius 3 is 2.43 bits per heavy atom. The number of amides is 3. The van der Waals surface area contributed by atoms with E-state index in [1.807, 2.05) is 6.92 Å². The van der Waals surface area contributed by atoms with Gasteiger partial charge in [-0.05, 0) is 42.8 Å². The maximum Gasteiger partial charge on any atom is 0.257 e. The lowest BCUT2D eigenvalue weighted by molar-refractivity contribution is -0.128. The molecule has 0 saturated carbocycles. The van der Waals surface area contributed by atoms with Gasteiger partial charge in [-0.1, -0.05) is 19.1 Å². The number of carbonyl (C=O) groups is 3. The minimum atomic E-state index is -1.02. The fourth-order valence-electron chi connectivity index (χ4n) is 4.69. The van der Waals surface area contributed by atoms with E-state index < -0.39 is 17.6 Å². The summed E-state index contributed by atoms with van der Waals surface area (Å²) >= 11 is 0. The second-order valence-electron chi connectivity index (χ2n) is 8.77. The van der Waals surface area contributed by atoms with Gasteiger partial charge in [-0.25, -0.2) is 4.39 Å². The SMILES string of the molecule is CCCNC(=O)[C@@H]1COC2(CCN(C(=O)c3cccc(F)c3)CC2)N1C(=O)c1cccc(OC)c1. The molecule has 2 saturated heterocycles. The molecule has 1 spiro atoms. The Labute approximate surface area is 204 Å². The standard InChI is InChI=1S/C26H30FN3O5/c1-3-12-28-23(31)22-17-35-26(30(22)25(33)19-7-5-9-21(16-19)34-2)10-13-29(14-11-26)24(32)18-6-4-8-20(27)15-18/h4-9,15-16,22H,3,10-14,17H2,1-2H3,(H,28,31)/t22-/m0/s1. The van der Waals surface area contributed by atoms with Gasteiger partial charge in [0, 0.05) is 43.6 Å². The number of likely N-dealkylation sites (tertiary alicyclic amines) is 1. The van der Waals surface area contributed by atoms with Gasteiger partial charge in [0.05, 0.1) is 13.7 Å². The minimum Gasteiger partial charge on any atom is -0.497 e. The summed E-state index contributed by atoms with van der Waals surface area (Å²) in [5, 5.41) is 2.87. The normalized spacial score (nSPS) is 19.0. The average Bonchev–Trinajstić information content (AvgIpc) is 3.25. The zero-order valence-corrected chi connectivity index (χ0v) is 20.0. The quantitative estimate of drug-likeness (QED) is 0.683. The Morgan fingerprint density at radius 1 is 1.09 bits per heavy atom. The lowest BCUT2D eigenvalue weighted by atomic mass is 9.96. The Hall–Kier alpha value is -3.46. The van der Waals surface area contributed by atoms with Crippen molar-refractivity contribution in [2.24, 2.45) is 0 Å². The molecule has 186 valence electrons. The summed E-state index contributed by atoms with van der Waals surface area (Å²) in [6.07, 6.45) is 1.44. The molecule has 2 heterocycles. The first-order valence-corrected chi connectivity index (χ1v) is 11.8. The zero-order chi connectivity index (χ0) is 25.0. The lowest BCUT2D eigenvalue weighted by Crippen LogP contribution is -2.59. The second-order valence-corrected chi connectivity index (χ2v) is 8.77. The van der Waals surface area contributed by atoms with Gasteiger partial charge >= 0.3 is 0 Å². The van der Waals surface area contributed by atoms with E-state index >= 15 is 0 Å². The molecule has 1 N–H and O–H groups in total. The molecule has 0 unspecified atom stereocenters. The first kappa shape index (κ1) is 24.7. The topological polar surface area (TPSA) is 88.2 Å². The molecule has 2 aliphatic heterocycles. The molecule has 0 radical (unpaired) electrons. The predicted octanol–water partition coefficient (Wildman–Crippen LogP) is 2.83. The lowest BCUT2D eigenvalue weighted by Gasteiger charge is -2.44. The third kappa shape index (κ3) is 5.00. The van der Waals surface area contributed by atoms with E-state index in [0.717, 1.165) is 6.42 Å². The first-order chi connectivity index (χ1) is 16.9. The number of halogens is 1. The third-order valence-corrected chi connectivity index (χ3v) is 6.55. The van der Waals surface area contributed by atoms with E-state index in [0.29, 0.717) is 43.8 Å². The molecule has 8 nitrogen and oxygen atoms in total. The van der Waals surface area contributed by atoms with Crippen molar-refractivity contribution in [2.75, 3.05) is 33.4 Å².